The Morgan fingerprint density at radius 1 is 1.20 bits per heavy atom. The summed E-state index contributed by atoms with van der Waals surface area (Å²) in [5.41, 5.74) is -0.401. The number of hydrogen-bond acceptors (Lipinski definition) is 2. The van der Waals surface area contributed by atoms with Gasteiger partial charge in [-0.15, -0.1) is 0 Å². The number of hydrogen-bond donors (Lipinski definition) is 1. The van der Waals surface area contributed by atoms with E-state index in [1.165, 1.54) is 12.8 Å². The Hall–Kier alpha value is -0.0800. The molecule has 0 aromatic rings. The number of aliphatic hydroxyl groups is 1. The van der Waals surface area contributed by atoms with Crippen LogP contribution in [0.15, 0.2) is 0 Å². The standard InChI is InChI=1S/C13H24O2/c1-10(2)11-3-6-13(14,7-4-11)12-5-8-15-9-12/h10-12,14H,3-9H2,1-2H3. The van der Waals surface area contributed by atoms with Gasteiger partial charge in [0, 0.05) is 12.5 Å². The first-order chi connectivity index (χ1) is 7.12. The van der Waals surface area contributed by atoms with Crippen molar-refractivity contribution in [3.05, 3.63) is 0 Å². The van der Waals surface area contributed by atoms with Crippen LogP contribution in [-0.2, 0) is 4.74 Å². The lowest BCUT2D eigenvalue weighted by Crippen LogP contribution is -2.42. The summed E-state index contributed by atoms with van der Waals surface area (Å²) in [5, 5.41) is 10.6. The second-order valence-corrected chi connectivity index (χ2v) is 5.75. The Bertz CT molecular complexity index is 199. The zero-order chi connectivity index (χ0) is 10.9. The fourth-order valence-electron chi connectivity index (χ4n) is 3.17. The highest BCUT2D eigenvalue weighted by molar-refractivity contribution is 4.93. The van der Waals surface area contributed by atoms with Gasteiger partial charge in [0.1, 0.15) is 0 Å². The van der Waals surface area contributed by atoms with Gasteiger partial charge in [-0.2, -0.15) is 0 Å². The van der Waals surface area contributed by atoms with Crippen LogP contribution in [0.3, 0.4) is 0 Å². The average molecular weight is 212 g/mol. The molecule has 1 heterocycles. The maximum atomic E-state index is 10.6. The molecule has 1 unspecified atom stereocenters. The van der Waals surface area contributed by atoms with Crippen LogP contribution in [0.4, 0.5) is 0 Å². The van der Waals surface area contributed by atoms with E-state index < -0.39 is 5.60 Å². The highest BCUT2D eigenvalue weighted by atomic mass is 16.5. The lowest BCUT2D eigenvalue weighted by atomic mass is 9.69. The van der Waals surface area contributed by atoms with Crippen molar-refractivity contribution < 1.29 is 9.84 Å². The zero-order valence-corrected chi connectivity index (χ0v) is 10.0. The summed E-state index contributed by atoms with van der Waals surface area (Å²) in [6.07, 6.45) is 5.44. The molecule has 88 valence electrons. The predicted octanol–water partition coefficient (Wildman–Crippen LogP) is 2.60. The van der Waals surface area contributed by atoms with Crippen LogP contribution < -0.4 is 0 Å². The van der Waals surface area contributed by atoms with E-state index in [0.717, 1.165) is 44.3 Å². The number of ether oxygens (including phenoxy) is 1. The molecule has 0 spiro atoms. The van der Waals surface area contributed by atoms with Gasteiger partial charge in [0.15, 0.2) is 0 Å². The molecule has 15 heavy (non-hydrogen) atoms. The second-order valence-electron chi connectivity index (χ2n) is 5.75. The van der Waals surface area contributed by atoms with Crippen molar-refractivity contribution in [1.29, 1.82) is 0 Å². The van der Waals surface area contributed by atoms with Crippen molar-refractivity contribution in [3.63, 3.8) is 0 Å². The summed E-state index contributed by atoms with van der Waals surface area (Å²) >= 11 is 0. The Labute approximate surface area is 93.0 Å². The van der Waals surface area contributed by atoms with Crippen LogP contribution in [0.5, 0.6) is 0 Å². The molecule has 0 aromatic heterocycles. The molecule has 0 bridgehead atoms. The van der Waals surface area contributed by atoms with Crippen molar-refractivity contribution in [2.24, 2.45) is 17.8 Å². The first-order valence-corrected chi connectivity index (χ1v) is 6.42. The maximum absolute atomic E-state index is 10.6. The van der Waals surface area contributed by atoms with Crippen LogP contribution in [0, 0.1) is 17.8 Å². The maximum Gasteiger partial charge on any atom is 0.0698 e. The van der Waals surface area contributed by atoms with E-state index >= 15 is 0 Å². The van der Waals surface area contributed by atoms with Crippen LogP contribution >= 0.6 is 0 Å². The van der Waals surface area contributed by atoms with Gasteiger partial charge >= 0.3 is 0 Å². The van der Waals surface area contributed by atoms with Crippen LogP contribution in [0.25, 0.3) is 0 Å². The predicted molar refractivity (Wildman–Crippen MR) is 60.7 cm³/mol. The van der Waals surface area contributed by atoms with Gasteiger partial charge in [0.25, 0.3) is 0 Å². The molecule has 1 aliphatic heterocycles. The minimum atomic E-state index is -0.401. The van der Waals surface area contributed by atoms with Crippen molar-refractivity contribution in [2.75, 3.05) is 13.2 Å². The van der Waals surface area contributed by atoms with Crippen molar-refractivity contribution in [2.45, 2.75) is 51.6 Å². The Morgan fingerprint density at radius 2 is 1.87 bits per heavy atom. The molecule has 1 atom stereocenters. The lowest BCUT2D eigenvalue weighted by molar-refractivity contribution is -0.0644. The monoisotopic (exact) mass is 212 g/mol. The van der Waals surface area contributed by atoms with Gasteiger partial charge in [0.05, 0.1) is 12.2 Å². The quantitative estimate of drug-likeness (QED) is 0.762. The van der Waals surface area contributed by atoms with Crippen LogP contribution in [-0.4, -0.2) is 23.9 Å². The molecule has 1 saturated carbocycles. The minimum absolute atomic E-state index is 0.401. The van der Waals surface area contributed by atoms with Crippen LogP contribution in [0.1, 0.15) is 46.0 Å². The Morgan fingerprint density at radius 3 is 2.33 bits per heavy atom. The topological polar surface area (TPSA) is 29.5 Å². The van der Waals surface area contributed by atoms with Crippen LogP contribution in [0.2, 0.25) is 0 Å². The summed E-state index contributed by atoms with van der Waals surface area (Å²) in [6.45, 7) is 6.23. The van der Waals surface area contributed by atoms with E-state index in [-0.39, 0.29) is 0 Å². The molecule has 1 aliphatic carbocycles. The summed E-state index contributed by atoms with van der Waals surface area (Å²) < 4.78 is 5.39. The molecule has 1 N–H and O–H groups in total. The summed E-state index contributed by atoms with van der Waals surface area (Å²) in [5.74, 6) is 2.01. The molecule has 0 amide bonds. The van der Waals surface area contributed by atoms with Crippen molar-refractivity contribution in [1.82, 2.24) is 0 Å². The van der Waals surface area contributed by atoms with Crippen molar-refractivity contribution in [3.8, 4) is 0 Å². The lowest BCUT2D eigenvalue weighted by Gasteiger charge is -2.40. The molecule has 0 aromatic carbocycles. The van der Waals surface area contributed by atoms with E-state index in [9.17, 15) is 5.11 Å². The normalized spacial score (nSPS) is 42.4. The summed E-state index contributed by atoms with van der Waals surface area (Å²) in [6, 6.07) is 0. The smallest absolute Gasteiger partial charge is 0.0698 e. The Kier molecular flexibility index (Phi) is 3.36. The highest BCUT2D eigenvalue weighted by Gasteiger charge is 2.41. The van der Waals surface area contributed by atoms with E-state index in [4.69, 9.17) is 4.74 Å². The van der Waals surface area contributed by atoms with Gasteiger partial charge in [0.2, 0.25) is 0 Å². The largest absolute Gasteiger partial charge is 0.390 e. The van der Waals surface area contributed by atoms with Gasteiger partial charge in [-0.05, 0) is 43.9 Å². The van der Waals surface area contributed by atoms with E-state index in [0.29, 0.717) is 5.92 Å². The van der Waals surface area contributed by atoms with E-state index in [1.807, 2.05) is 0 Å². The zero-order valence-electron chi connectivity index (χ0n) is 10.0. The fourth-order valence-corrected chi connectivity index (χ4v) is 3.17. The summed E-state index contributed by atoms with van der Waals surface area (Å²) in [4.78, 5) is 0. The molecule has 2 nitrogen and oxygen atoms in total. The Balaban J connectivity index is 1.90. The first kappa shape index (κ1) is 11.4. The fraction of sp³-hybridized carbons (Fsp3) is 1.00. The molecular formula is C13H24O2. The third kappa shape index (κ3) is 2.36. The van der Waals surface area contributed by atoms with E-state index in [1.54, 1.807) is 0 Å². The third-order valence-electron chi connectivity index (χ3n) is 4.53. The van der Waals surface area contributed by atoms with Gasteiger partial charge in [-0.25, -0.2) is 0 Å². The molecule has 2 heteroatoms. The summed E-state index contributed by atoms with van der Waals surface area (Å²) in [7, 11) is 0. The third-order valence-corrected chi connectivity index (χ3v) is 4.53. The average Bonchev–Trinajstić information content (AvgIpc) is 2.71. The van der Waals surface area contributed by atoms with Gasteiger partial charge in [-0.3, -0.25) is 0 Å². The van der Waals surface area contributed by atoms with E-state index in [2.05, 4.69) is 13.8 Å². The highest BCUT2D eigenvalue weighted by Crippen LogP contribution is 2.42. The first-order valence-electron chi connectivity index (χ1n) is 6.42. The molecule has 2 rings (SSSR count). The van der Waals surface area contributed by atoms with Crippen molar-refractivity contribution >= 4 is 0 Å². The SMILES string of the molecule is CC(C)C1CCC(O)(C2CCOC2)CC1. The molecule has 0 radical (unpaired) electrons. The molecule has 1 saturated heterocycles. The molecular weight excluding hydrogens is 188 g/mol. The second kappa shape index (κ2) is 4.42. The molecule has 2 fully saturated rings. The minimum Gasteiger partial charge on any atom is -0.390 e. The van der Waals surface area contributed by atoms with Gasteiger partial charge < -0.3 is 9.84 Å². The number of rotatable bonds is 2. The van der Waals surface area contributed by atoms with Gasteiger partial charge in [-0.1, -0.05) is 13.8 Å². The molecule has 2 aliphatic rings.